The van der Waals surface area contributed by atoms with Crippen molar-refractivity contribution in [2.45, 2.75) is 13.0 Å². The maximum absolute atomic E-state index is 12.2. The number of aromatic nitrogens is 1. The number of pyridine rings is 1. The second-order valence-corrected chi connectivity index (χ2v) is 5.88. The van der Waals surface area contributed by atoms with E-state index in [1.807, 2.05) is 6.07 Å². The fraction of sp³-hybridized carbons (Fsp3) is 0.263. The van der Waals surface area contributed by atoms with Crippen molar-refractivity contribution in [1.82, 2.24) is 15.2 Å². The number of methoxy groups -OCH3 is 2. The average Bonchev–Trinajstić information content (AvgIpc) is 2.95. The highest BCUT2D eigenvalue weighted by molar-refractivity contribution is 6.20. The third kappa shape index (κ3) is 3.74. The summed E-state index contributed by atoms with van der Waals surface area (Å²) in [6, 6.07) is 8.50. The third-order valence-corrected chi connectivity index (χ3v) is 4.23. The molecule has 2 heterocycles. The molecule has 3 amide bonds. The summed E-state index contributed by atoms with van der Waals surface area (Å²) >= 11 is 0. The Kier molecular flexibility index (Phi) is 5.35. The summed E-state index contributed by atoms with van der Waals surface area (Å²) < 4.78 is 10.4. The molecule has 0 spiro atoms. The van der Waals surface area contributed by atoms with Crippen LogP contribution in [-0.4, -0.2) is 48.4 Å². The lowest BCUT2D eigenvalue weighted by atomic mass is 10.2. The molecule has 1 aromatic carbocycles. The van der Waals surface area contributed by atoms with E-state index >= 15 is 0 Å². The summed E-state index contributed by atoms with van der Waals surface area (Å²) in [7, 11) is 3.09. The second-order valence-electron chi connectivity index (χ2n) is 5.88. The van der Waals surface area contributed by atoms with Crippen LogP contribution in [0.4, 0.5) is 0 Å². The number of ether oxygens (including phenoxy) is 2. The first-order valence-electron chi connectivity index (χ1n) is 8.34. The number of nitrogens with zero attached hydrogens (tertiary/aromatic N) is 2. The lowest BCUT2D eigenvalue weighted by Gasteiger charge is -2.13. The summed E-state index contributed by atoms with van der Waals surface area (Å²) in [4.78, 5) is 41.5. The van der Waals surface area contributed by atoms with Crippen molar-refractivity contribution in [3.63, 3.8) is 0 Å². The Morgan fingerprint density at radius 2 is 1.89 bits per heavy atom. The molecule has 0 saturated carbocycles. The predicted molar refractivity (Wildman–Crippen MR) is 95.6 cm³/mol. The van der Waals surface area contributed by atoms with E-state index in [1.54, 1.807) is 31.4 Å². The molecule has 27 heavy (non-hydrogen) atoms. The van der Waals surface area contributed by atoms with Crippen LogP contribution in [-0.2, 0) is 11.3 Å². The molecule has 1 aliphatic heterocycles. The summed E-state index contributed by atoms with van der Waals surface area (Å²) in [6.45, 7) is 0.300. The van der Waals surface area contributed by atoms with Gasteiger partial charge >= 0.3 is 0 Å². The highest BCUT2D eigenvalue weighted by atomic mass is 16.5. The van der Waals surface area contributed by atoms with Crippen LogP contribution >= 0.6 is 0 Å². The summed E-state index contributed by atoms with van der Waals surface area (Å²) in [5, 5.41) is 2.76. The smallest absolute Gasteiger partial charge is 0.280 e. The molecular weight excluding hydrogens is 350 g/mol. The van der Waals surface area contributed by atoms with Crippen LogP contribution in [0.1, 0.15) is 32.8 Å². The minimum atomic E-state index is -0.469. The van der Waals surface area contributed by atoms with Gasteiger partial charge < -0.3 is 14.8 Å². The lowest BCUT2D eigenvalue weighted by Crippen LogP contribution is -2.34. The maximum Gasteiger partial charge on any atom is 0.280 e. The van der Waals surface area contributed by atoms with Crippen LogP contribution < -0.4 is 14.8 Å². The zero-order valence-corrected chi connectivity index (χ0v) is 15.0. The number of fused-ring (bicyclic) bond motifs is 1. The molecular formula is C19H19N3O5. The van der Waals surface area contributed by atoms with Crippen molar-refractivity contribution in [2.75, 3.05) is 20.8 Å². The number of nitrogens with one attached hydrogen (secondary N) is 1. The monoisotopic (exact) mass is 369 g/mol. The molecule has 8 heteroatoms. The Bertz CT molecular complexity index is 862. The van der Waals surface area contributed by atoms with Gasteiger partial charge in [0.05, 0.1) is 19.8 Å². The first-order chi connectivity index (χ1) is 13.0. The number of hydrogen-bond acceptors (Lipinski definition) is 6. The first kappa shape index (κ1) is 18.4. The third-order valence-electron chi connectivity index (χ3n) is 4.23. The number of benzene rings is 1. The van der Waals surface area contributed by atoms with Crippen molar-refractivity contribution in [1.29, 1.82) is 0 Å². The van der Waals surface area contributed by atoms with Crippen LogP contribution in [0, 0.1) is 0 Å². The Hall–Kier alpha value is -3.42. The largest absolute Gasteiger partial charge is 0.493 e. The van der Waals surface area contributed by atoms with Gasteiger partial charge in [-0.1, -0.05) is 6.07 Å². The van der Waals surface area contributed by atoms with Crippen molar-refractivity contribution in [3.05, 3.63) is 53.3 Å². The van der Waals surface area contributed by atoms with E-state index < -0.39 is 11.8 Å². The number of amides is 3. The number of carbonyl (C=O) groups excluding carboxylic acids is 3. The standard InChI is InChI=1S/C19H19N3O5/c1-26-14-6-5-12(10-15(14)27-2)11-21-16(23)7-9-22-18(24)13-4-3-8-20-17(13)19(22)25/h3-6,8,10H,7,9,11H2,1-2H3,(H,21,23). The van der Waals surface area contributed by atoms with E-state index in [0.29, 0.717) is 18.0 Å². The Labute approximate surface area is 156 Å². The molecule has 0 unspecified atom stereocenters. The molecule has 0 aliphatic carbocycles. The van der Waals surface area contributed by atoms with Gasteiger partial charge in [-0.2, -0.15) is 0 Å². The Balaban J connectivity index is 1.54. The van der Waals surface area contributed by atoms with Gasteiger partial charge in [0.25, 0.3) is 11.8 Å². The fourth-order valence-electron chi connectivity index (χ4n) is 2.81. The van der Waals surface area contributed by atoms with Crippen molar-refractivity contribution in [2.24, 2.45) is 0 Å². The number of hydrogen-bond donors (Lipinski definition) is 1. The van der Waals surface area contributed by atoms with Crippen LogP contribution in [0.3, 0.4) is 0 Å². The van der Waals surface area contributed by atoms with Gasteiger partial charge in [-0.3, -0.25) is 24.3 Å². The first-order valence-corrected chi connectivity index (χ1v) is 8.34. The fourth-order valence-corrected chi connectivity index (χ4v) is 2.81. The minimum absolute atomic E-state index is 0.00575. The van der Waals surface area contributed by atoms with Crippen molar-refractivity contribution in [3.8, 4) is 11.5 Å². The van der Waals surface area contributed by atoms with E-state index in [2.05, 4.69) is 10.3 Å². The topological polar surface area (TPSA) is 97.8 Å². The molecule has 0 saturated heterocycles. The number of rotatable bonds is 7. The van der Waals surface area contributed by atoms with Gasteiger partial charge in [0.15, 0.2) is 11.5 Å². The highest BCUT2D eigenvalue weighted by Crippen LogP contribution is 2.27. The minimum Gasteiger partial charge on any atom is -0.493 e. The van der Waals surface area contributed by atoms with Crippen LogP contribution in [0.25, 0.3) is 0 Å². The van der Waals surface area contributed by atoms with Gasteiger partial charge in [0, 0.05) is 25.7 Å². The van der Waals surface area contributed by atoms with E-state index in [1.165, 1.54) is 13.3 Å². The number of carbonyl (C=O) groups is 3. The van der Waals surface area contributed by atoms with Gasteiger partial charge in [0.2, 0.25) is 5.91 Å². The molecule has 0 atom stereocenters. The van der Waals surface area contributed by atoms with Gasteiger partial charge in [-0.15, -0.1) is 0 Å². The second kappa shape index (κ2) is 7.86. The van der Waals surface area contributed by atoms with Gasteiger partial charge in [0.1, 0.15) is 5.69 Å². The summed E-state index contributed by atoms with van der Waals surface area (Å²) in [5.41, 5.74) is 1.24. The molecule has 0 bridgehead atoms. The molecule has 0 fully saturated rings. The number of imide groups is 1. The van der Waals surface area contributed by atoms with E-state index in [-0.39, 0.29) is 30.1 Å². The Morgan fingerprint density at radius 3 is 2.59 bits per heavy atom. The highest BCUT2D eigenvalue weighted by Gasteiger charge is 2.36. The normalized spacial score (nSPS) is 12.7. The van der Waals surface area contributed by atoms with E-state index in [9.17, 15) is 14.4 Å². The molecule has 8 nitrogen and oxygen atoms in total. The molecule has 1 N–H and O–H groups in total. The van der Waals surface area contributed by atoms with Gasteiger partial charge in [-0.25, -0.2) is 0 Å². The van der Waals surface area contributed by atoms with E-state index in [0.717, 1.165) is 10.5 Å². The van der Waals surface area contributed by atoms with Crippen LogP contribution in [0.15, 0.2) is 36.5 Å². The van der Waals surface area contributed by atoms with E-state index in [4.69, 9.17) is 9.47 Å². The lowest BCUT2D eigenvalue weighted by molar-refractivity contribution is -0.121. The molecule has 0 radical (unpaired) electrons. The predicted octanol–water partition coefficient (Wildman–Crippen LogP) is 1.40. The quantitative estimate of drug-likeness (QED) is 0.741. The zero-order valence-electron chi connectivity index (χ0n) is 15.0. The maximum atomic E-state index is 12.2. The zero-order chi connectivity index (χ0) is 19.4. The van der Waals surface area contributed by atoms with Crippen LogP contribution in [0.5, 0.6) is 11.5 Å². The van der Waals surface area contributed by atoms with Crippen molar-refractivity contribution >= 4 is 17.7 Å². The molecule has 1 aromatic heterocycles. The van der Waals surface area contributed by atoms with Crippen molar-refractivity contribution < 1.29 is 23.9 Å². The van der Waals surface area contributed by atoms with Crippen LogP contribution in [0.2, 0.25) is 0 Å². The molecule has 1 aliphatic rings. The average molecular weight is 369 g/mol. The SMILES string of the molecule is COc1ccc(CNC(=O)CCN2C(=O)c3cccnc3C2=O)cc1OC. The summed E-state index contributed by atoms with van der Waals surface area (Å²) in [6.07, 6.45) is 1.47. The van der Waals surface area contributed by atoms with Gasteiger partial charge in [-0.05, 0) is 29.8 Å². The molecule has 2 aromatic rings. The molecule has 140 valence electrons. The Morgan fingerprint density at radius 1 is 1.11 bits per heavy atom. The molecule has 3 rings (SSSR count). The summed E-state index contributed by atoms with van der Waals surface area (Å²) in [5.74, 6) is 0.0166.